The van der Waals surface area contributed by atoms with Gasteiger partial charge in [0, 0.05) is 19.1 Å². The normalized spacial score (nSPS) is 23.7. The van der Waals surface area contributed by atoms with Gasteiger partial charge in [-0.05, 0) is 26.2 Å². The third-order valence-electron chi connectivity index (χ3n) is 3.50. The maximum Gasteiger partial charge on any atom is 0.415 e. The second-order valence-electron chi connectivity index (χ2n) is 5.47. The van der Waals surface area contributed by atoms with Gasteiger partial charge in [-0.3, -0.25) is 4.79 Å². The Bertz CT molecular complexity index is 491. The Morgan fingerprint density at radius 1 is 1.38 bits per heavy atom. The van der Waals surface area contributed by atoms with Gasteiger partial charge in [-0.1, -0.05) is 0 Å². The number of hydrogen-bond acceptors (Lipinski definition) is 4. The fourth-order valence-electron chi connectivity index (χ4n) is 2.15. The molecule has 1 saturated heterocycles. The first-order chi connectivity index (χ1) is 9.36. The fraction of sp³-hybridized carbons (Fsp3) is 0.909. The number of halogens is 3. The standard InChI is InChI=1S/C11H20F3N3O3S/c1-10(15,11(12,13)14)9(18)17-6-4-3-5-8(17)7-16-21(2,19)20/h8,16H,3-7,15H2,1-2H3. The predicted octanol–water partition coefficient (Wildman–Crippen LogP) is 0.196. The Labute approximate surface area is 121 Å². The smallest absolute Gasteiger partial charge is 0.337 e. The molecule has 1 heterocycles. The van der Waals surface area contributed by atoms with Crippen molar-refractivity contribution in [3.05, 3.63) is 0 Å². The minimum Gasteiger partial charge on any atom is -0.337 e. The number of nitrogens with zero attached hydrogens (tertiary/aromatic N) is 1. The van der Waals surface area contributed by atoms with Gasteiger partial charge in [-0.2, -0.15) is 13.2 Å². The minimum atomic E-state index is -4.86. The molecule has 1 amide bonds. The third kappa shape index (κ3) is 4.55. The molecule has 0 radical (unpaired) electrons. The lowest BCUT2D eigenvalue weighted by Gasteiger charge is -2.40. The molecule has 0 aromatic carbocycles. The number of carbonyl (C=O) groups excluding carboxylic acids is 1. The molecule has 1 aliphatic rings. The topological polar surface area (TPSA) is 92.5 Å². The Morgan fingerprint density at radius 2 is 1.95 bits per heavy atom. The van der Waals surface area contributed by atoms with Gasteiger partial charge in [-0.25, -0.2) is 13.1 Å². The highest BCUT2D eigenvalue weighted by molar-refractivity contribution is 7.88. The van der Waals surface area contributed by atoms with Crippen molar-refractivity contribution in [1.82, 2.24) is 9.62 Å². The summed E-state index contributed by atoms with van der Waals surface area (Å²) < 4.78 is 63.0. The van der Waals surface area contributed by atoms with Crippen molar-refractivity contribution in [2.45, 2.75) is 43.9 Å². The summed E-state index contributed by atoms with van der Waals surface area (Å²) in [5, 5.41) is 0. The van der Waals surface area contributed by atoms with Crippen LogP contribution in [-0.4, -0.2) is 56.3 Å². The number of alkyl halides is 3. The summed E-state index contributed by atoms with van der Waals surface area (Å²) >= 11 is 0. The molecule has 0 spiro atoms. The molecule has 1 aliphatic heterocycles. The molecule has 0 aromatic rings. The summed E-state index contributed by atoms with van der Waals surface area (Å²) in [6.45, 7) is 0.654. The van der Waals surface area contributed by atoms with Crippen LogP contribution in [0.5, 0.6) is 0 Å². The van der Waals surface area contributed by atoms with E-state index in [1.165, 1.54) is 0 Å². The zero-order valence-electron chi connectivity index (χ0n) is 11.9. The maximum atomic E-state index is 12.9. The lowest BCUT2D eigenvalue weighted by atomic mass is 9.95. The van der Waals surface area contributed by atoms with Crippen molar-refractivity contribution < 1.29 is 26.4 Å². The highest BCUT2D eigenvalue weighted by atomic mass is 32.2. The summed E-state index contributed by atoms with van der Waals surface area (Å²) in [5.41, 5.74) is 2.18. The van der Waals surface area contributed by atoms with Crippen LogP contribution in [0.25, 0.3) is 0 Å². The van der Waals surface area contributed by atoms with E-state index < -0.39 is 33.7 Å². The average Bonchev–Trinajstić information content (AvgIpc) is 2.33. The highest BCUT2D eigenvalue weighted by Crippen LogP contribution is 2.31. The second-order valence-corrected chi connectivity index (χ2v) is 7.30. The molecule has 1 rings (SSSR count). The first-order valence-electron chi connectivity index (χ1n) is 6.47. The summed E-state index contributed by atoms with van der Waals surface area (Å²) in [5.74, 6) is -1.23. The molecule has 3 N–H and O–H groups in total. The molecule has 0 aliphatic carbocycles. The lowest BCUT2D eigenvalue weighted by molar-refractivity contribution is -0.195. The molecule has 6 nitrogen and oxygen atoms in total. The van der Waals surface area contributed by atoms with Crippen LogP contribution in [0, 0.1) is 0 Å². The van der Waals surface area contributed by atoms with Crippen LogP contribution in [0.15, 0.2) is 0 Å². The van der Waals surface area contributed by atoms with Crippen molar-refractivity contribution in [1.29, 1.82) is 0 Å². The van der Waals surface area contributed by atoms with Crippen LogP contribution in [0.2, 0.25) is 0 Å². The number of piperidine rings is 1. The van der Waals surface area contributed by atoms with Crippen LogP contribution >= 0.6 is 0 Å². The SMILES string of the molecule is CC(N)(C(=O)N1CCCCC1CNS(C)(=O)=O)C(F)(F)F. The Hall–Kier alpha value is -0.870. The first-order valence-corrected chi connectivity index (χ1v) is 8.36. The Morgan fingerprint density at radius 3 is 2.43 bits per heavy atom. The van der Waals surface area contributed by atoms with Gasteiger partial charge in [-0.15, -0.1) is 0 Å². The van der Waals surface area contributed by atoms with Gasteiger partial charge in [0.05, 0.1) is 6.26 Å². The quantitative estimate of drug-likeness (QED) is 0.769. The van der Waals surface area contributed by atoms with Crippen LogP contribution < -0.4 is 10.5 Å². The van der Waals surface area contributed by atoms with E-state index in [2.05, 4.69) is 4.72 Å². The second kappa shape index (κ2) is 6.09. The van der Waals surface area contributed by atoms with E-state index in [0.717, 1.165) is 11.2 Å². The summed E-state index contributed by atoms with van der Waals surface area (Å²) in [6, 6.07) is -0.619. The van der Waals surface area contributed by atoms with Crippen LogP contribution in [-0.2, 0) is 14.8 Å². The number of hydrogen-bond donors (Lipinski definition) is 2. The monoisotopic (exact) mass is 331 g/mol. The molecular weight excluding hydrogens is 311 g/mol. The van der Waals surface area contributed by atoms with Crippen LogP contribution in [0.3, 0.4) is 0 Å². The summed E-state index contributed by atoms with van der Waals surface area (Å²) in [6.07, 6.45) is -2.20. The van der Waals surface area contributed by atoms with Crippen LogP contribution in [0.1, 0.15) is 26.2 Å². The fourth-order valence-corrected chi connectivity index (χ4v) is 2.64. The number of sulfonamides is 1. The molecule has 1 fully saturated rings. The molecule has 21 heavy (non-hydrogen) atoms. The molecule has 2 unspecified atom stereocenters. The van der Waals surface area contributed by atoms with E-state index in [1.54, 1.807) is 0 Å². The summed E-state index contributed by atoms with van der Waals surface area (Å²) in [4.78, 5) is 13.1. The number of nitrogens with one attached hydrogen (secondary N) is 1. The van der Waals surface area contributed by atoms with Crippen molar-refractivity contribution in [2.24, 2.45) is 5.73 Å². The molecule has 10 heteroatoms. The lowest BCUT2D eigenvalue weighted by Crippen LogP contribution is -2.65. The number of carbonyl (C=O) groups is 1. The van der Waals surface area contributed by atoms with Gasteiger partial charge >= 0.3 is 6.18 Å². The Kier molecular flexibility index (Phi) is 5.27. The maximum absolute atomic E-state index is 12.9. The van der Waals surface area contributed by atoms with E-state index in [1.807, 2.05) is 0 Å². The largest absolute Gasteiger partial charge is 0.415 e. The predicted molar refractivity (Wildman–Crippen MR) is 70.8 cm³/mol. The Balaban J connectivity index is 2.89. The molecule has 124 valence electrons. The molecule has 0 bridgehead atoms. The average molecular weight is 331 g/mol. The van der Waals surface area contributed by atoms with Gasteiger partial charge < -0.3 is 10.6 Å². The van der Waals surface area contributed by atoms with E-state index in [4.69, 9.17) is 5.73 Å². The van der Waals surface area contributed by atoms with Gasteiger partial charge in [0.2, 0.25) is 10.0 Å². The van der Waals surface area contributed by atoms with Crippen molar-refractivity contribution in [3.8, 4) is 0 Å². The third-order valence-corrected chi connectivity index (χ3v) is 4.19. The van der Waals surface area contributed by atoms with Gasteiger partial charge in [0.1, 0.15) is 0 Å². The molecular formula is C11H20F3N3O3S. The first kappa shape index (κ1) is 18.2. The van der Waals surface area contributed by atoms with E-state index >= 15 is 0 Å². The molecule has 0 aromatic heterocycles. The van der Waals surface area contributed by atoms with Crippen molar-refractivity contribution >= 4 is 15.9 Å². The van der Waals surface area contributed by atoms with Crippen molar-refractivity contribution in [3.63, 3.8) is 0 Å². The van der Waals surface area contributed by atoms with Crippen molar-refractivity contribution in [2.75, 3.05) is 19.3 Å². The number of likely N-dealkylation sites (tertiary alicyclic amines) is 1. The summed E-state index contributed by atoms with van der Waals surface area (Å²) in [7, 11) is -3.48. The van der Waals surface area contributed by atoms with Gasteiger partial charge in [0.25, 0.3) is 5.91 Å². The van der Waals surface area contributed by atoms with E-state index in [0.29, 0.717) is 26.2 Å². The minimum absolute atomic E-state index is 0.113. The molecule has 0 saturated carbocycles. The van der Waals surface area contributed by atoms with E-state index in [-0.39, 0.29) is 13.1 Å². The highest BCUT2D eigenvalue weighted by Gasteiger charge is 2.56. The zero-order valence-corrected chi connectivity index (χ0v) is 12.7. The number of rotatable bonds is 4. The number of nitrogens with two attached hydrogens (primary N) is 1. The van der Waals surface area contributed by atoms with Crippen LogP contribution in [0.4, 0.5) is 13.2 Å². The molecule has 2 atom stereocenters. The number of amides is 1. The van der Waals surface area contributed by atoms with Gasteiger partial charge in [0.15, 0.2) is 5.54 Å². The van der Waals surface area contributed by atoms with E-state index in [9.17, 15) is 26.4 Å². The zero-order chi connectivity index (χ0) is 16.5.